The topological polar surface area (TPSA) is 84.3 Å². The lowest BCUT2D eigenvalue weighted by Gasteiger charge is -2.10. The first kappa shape index (κ1) is 17.5. The molecule has 2 rings (SSSR count). The van der Waals surface area contributed by atoms with E-state index in [0.29, 0.717) is 6.42 Å². The van der Waals surface area contributed by atoms with E-state index in [4.69, 9.17) is 12.2 Å². The number of carbonyl (C=O) groups is 1. The third-order valence-electron chi connectivity index (χ3n) is 3.15. The van der Waals surface area contributed by atoms with E-state index in [1.807, 2.05) is 30.3 Å². The number of benzene rings is 2. The van der Waals surface area contributed by atoms with E-state index in [1.165, 1.54) is 0 Å². The summed E-state index contributed by atoms with van der Waals surface area (Å²) in [7, 11) is 0. The predicted molar refractivity (Wildman–Crippen MR) is 92.2 cm³/mol. The van der Waals surface area contributed by atoms with Gasteiger partial charge in [0.05, 0.1) is 10.6 Å². The molecule has 0 saturated carbocycles. The molecule has 0 spiro atoms. The van der Waals surface area contributed by atoms with Crippen molar-refractivity contribution >= 4 is 34.6 Å². The number of nitrogens with zero attached hydrogens (tertiary/aromatic N) is 1. The minimum absolute atomic E-state index is 0.118. The van der Waals surface area contributed by atoms with Crippen LogP contribution in [0.2, 0.25) is 0 Å². The molecule has 1 amide bonds. The molecule has 0 saturated heterocycles. The van der Waals surface area contributed by atoms with E-state index in [-0.39, 0.29) is 28.8 Å². The van der Waals surface area contributed by atoms with Crippen molar-refractivity contribution in [3.63, 3.8) is 0 Å². The van der Waals surface area contributed by atoms with Crippen molar-refractivity contribution in [3.05, 3.63) is 70.0 Å². The predicted octanol–water partition coefficient (Wildman–Crippen LogP) is 3.18. The quantitative estimate of drug-likeness (QED) is 0.493. The number of rotatable bonds is 5. The van der Waals surface area contributed by atoms with Gasteiger partial charge in [0.25, 0.3) is 5.69 Å². The second kappa shape index (κ2) is 8.11. The maximum absolute atomic E-state index is 13.6. The molecule has 0 atom stereocenters. The average Bonchev–Trinajstić information content (AvgIpc) is 2.55. The fraction of sp³-hybridized carbons (Fsp3) is 0.125. The maximum Gasteiger partial charge on any atom is 0.271 e. The van der Waals surface area contributed by atoms with E-state index in [1.54, 1.807) is 0 Å². The first-order valence-electron chi connectivity index (χ1n) is 7.04. The molecule has 0 fully saturated rings. The van der Waals surface area contributed by atoms with Crippen molar-refractivity contribution in [1.29, 1.82) is 0 Å². The molecule has 0 aliphatic rings. The summed E-state index contributed by atoms with van der Waals surface area (Å²) in [5, 5.41) is 15.5. The standard InChI is InChI=1S/C16H14FN3O3S/c17-13-8-7-12(20(22)23)10-14(13)18-16(24)19-15(21)9-6-11-4-2-1-3-5-11/h1-5,7-8,10H,6,9H2,(H2,18,19,21,24). The van der Waals surface area contributed by atoms with Crippen LogP contribution < -0.4 is 10.6 Å². The van der Waals surface area contributed by atoms with Gasteiger partial charge in [0.1, 0.15) is 5.82 Å². The number of halogens is 1. The van der Waals surface area contributed by atoms with Gasteiger partial charge in [0.2, 0.25) is 5.91 Å². The highest BCUT2D eigenvalue weighted by molar-refractivity contribution is 7.80. The van der Waals surface area contributed by atoms with Crippen molar-refractivity contribution in [1.82, 2.24) is 5.32 Å². The molecule has 24 heavy (non-hydrogen) atoms. The summed E-state index contributed by atoms with van der Waals surface area (Å²) in [5.74, 6) is -1.04. The second-order valence-electron chi connectivity index (χ2n) is 4.91. The molecule has 2 N–H and O–H groups in total. The lowest BCUT2D eigenvalue weighted by atomic mass is 10.1. The number of amides is 1. The molecule has 2 aromatic rings. The first-order valence-corrected chi connectivity index (χ1v) is 7.45. The van der Waals surface area contributed by atoms with Gasteiger partial charge in [-0.15, -0.1) is 0 Å². The van der Waals surface area contributed by atoms with Crippen molar-refractivity contribution < 1.29 is 14.1 Å². The van der Waals surface area contributed by atoms with Crippen LogP contribution in [0.1, 0.15) is 12.0 Å². The number of nitro benzene ring substituents is 1. The van der Waals surface area contributed by atoms with Crippen LogP contribution in [0.4, 0.5) is 15.8 Å². The van der Waals surface area contributed by atoms with Crippen LogP contribution in [0.3, 0.4) is 0 Å². The Morgan fingerprint density at radius 2 is 1.92 bits per heavy atom. The molecule has 124 valence electrons. The van der Waals surface area contributed by atoms with Crippen molar-refractivity contribution in [2.24, 2.45) is 0 Å². The van der Waals surface area contributed by atoms with E-state index < -0.39 is 10.7 Å². The molecule has 0 radical (unpaired) electrons. The first-order chi connectivity index (χ1) is 11.5. The number of hydrogen-bond donors (Lipinski definition) is 2. The van der Waals surface area contributed by atoms with Gasteiger partial charge in [-0.1, -0.05) is 30.3 Å². The number of non-ortho nitro benzene ring substituents is 1. The van der Waals surface area contributed by atoms with Crippen LogP contribution in [0.25, 0.3) is 0 Å². The zero-order valence-corrected chi connectivity index (χ0v) is 13.3. The fourth-order valence-electron chi connectivity index (χ4n) is 1.97. The van der Waals surface area contributed by atoms with Gasteiger partial charge < -0.3 is 10.6 Å². The largest absolute Gasteiger partial charge is 0.330 e. The van der Waals surface area contributed by atoms with Crippen LogP contribution >= 0.6 is 12.2 Å². The minimum atomic E-state index is -0.707. The molecule has 0 aliphatic heterocycles. The van der Waals surface area contributed by atoms with Crippen molar-refractivity contribution in [2.45, 2.75) is 12.8 Å². The minimum Gasteiger partial charge on any atom is -0.330 e. The number of anilines is 1. The van der Waals surface area contributed by atoms with Gasteiger partial charge >= 0.3 is 0 Å². The van der Waals surface area contributed by atoms with Crippen molar-refractivity contribution in [2.75, 3.05) is 5.32 Å². The van der Waals surface area contributed by atoms with E-state index in [2.05, 4.69) is 10.6 Å². The molecule has 0 aromatic heterocycles. The molecule has 0 aliphatic carbocycles. The third-order valence-corrected chi connectivity index (χ3v) is 3.35. The molecule has 0 bridgehead atoms. The Balaban J connectivity index is 1.90. The van der Waals surface area contributed by atoms with Gasteiger partial charge in [-0.05, 0) is 30.3 Å². The Morgan fingerprint density at radius 1 is 1.21 bits per heavy atom. The highest BCUT2D eigenvalue weighted by Gasteiger charge is 2.13. The third kappa shape index (κ3) is 5.10. The summed E-state index contributed by atoms with van der Waals surface area (Å²) in [6.07, 6.45) is 0.754. The van der Waals surface area contributed by atoms with Crippen LogP contribution in [0, 0.1) is 15.9 Å². The molecular formula is C16H14FN3O3S. The maximum atomic E-state index is 13.6. The zero-order chi connectivity index (χ0) is 17.5. The van der Waals surface area contributed by atoms with Crippen LogP contribution in [-0.2, 0) is 11.2 Å². The van der Waals surface area contributed by atoms with E-state index in [0.717, 1.165) is 23.8 Å². The summed E-state index contributed by atoms with van der Waals surface area (Å²) in [4.78, 5) is 21.9. The lowest BCUT2D eigenvalue weighted by Crippen LogP contribution is -2.34. The summed E-state index contributed by atoms with van der Waals surface area (Å²) in [6.45, 7) is 0. The van der Waals surface area contributed by atoms with Crippen LogP contribution in [-0.4, -0.2) is 15.9 Å². The monoisotopic (exact) mass is 347 g/mol. The van der Waals surface area contributed by atoms with Gasteiger partial charge in [-0.3, -0.25) is 14.9 Å². The van der Waals surface area contributed by atoms with E-state index >= 15 is 0 Å². The molecule has 6 nitrogen and oxygen atoms in total. The van der Waals surface area contributed by atoms with Crippen LogP contribution in [0.15, 0.2) is 48.5 Å². The normalized spacial score (nSPS) is 10.0. The SMILES string of the molecule is O=C(CCc1ccccc1)NC(=S)Nc1cc([N+](=O)[O-])ccc1F. The Bertz CT molecular complexity index is 768. The summed E-state index contributed by atoms with van der Waals surface area (Å²) in [6, 6.07) is 12.5. The molecule has 0 heterocycles. The number of aryl methyl sites for hydroxylation is 1. The van der Waals surface area contributed by atoms with Gasteiger partial charge in [-0.2, -0.15) is 0 Å². The second-order valence-corrected chi connectivity index (χ2v) is 5.32. The Hall–Kier alpha value is -2.87. The average molecular weight is 347 g/mol. The highest BCUT2D eigenvalue weighted by atomic mass is 32.1. The van der Waals surface area contributed by atoms with E-state index in [9.17, 15) is 19.3 Å². The number of hydrogen-bond acceptors (Lipinski definition) is 4. The number of nitro groups is 1. The lowest BCUT2D eigenvalue weighted by molar-refractivity contribution is -0.384. The fourth-order valence-corrected chi connectivity index (χ4v) is 2.19. The number of thiocarbonyl (C=S) groups is 1. The van der Waals surface area contributed by atoms with Gasteiger partial charge in [0.15, 0.2) is 5.11 Å². The molecular weight excluding hydrogens is 333 g/mol. The smallest absolute Gasteiger partial charge is 0.271 e. The van der Waals surface area contributed by atoms with Crippen LogP contribution in [0.5, 0.6) is 0 Å². The van der Waals surface area contributed by atoms with Crippen molar-refractivity contribution in [3.8, 4) is 0 Å². The summed E-state index contributed by atoms with van der Waals surface area (Å²) < 4.78 is 13.6. The summed E-state index contributed by atoms with van der Waals surface area (Å²) >= 11 is 4.93. The Labute approximate surface area is 142 Å². The summed E-state index contributed by atoms with van der Waals surface area (Å²) in [5.41, 5.74) is 0.561. The number of nitrogens with one attached hydrogen (secondary N) is 2. The molecule has 2 aromatic carbocycles. The highest BCUT2D eigenvalue weighted by Crippen LogP contribution is 2.21. The molecule has 8 heteroatoms. The molecule has 0 unspecified atom stereocenters. The van der Waals surface area contributed by atoms with Gasteiger partial charge in [-0.25, -0.2) is 4.39 Å². The zero-order valence-electron chi connectivity index (χ0n) is 12.5. The van der Waals surface area contributed by atoms with Gasteiger partial charge in [0, 0.05) is 18.6 Å². The number of carbonyl (C=O) groups excluding carboxylic acids is 1. The Morgan fingerprint density at radius 3 is 2.58 bits per heavy atom. The Kier molecular flexibility index (Phi) is 5.91.